The quantitative estimate of drug-likeness (QED) is 0.672. The van der Waals surface area contributed by atoms with E-state index in [1.165, 1.54) is 12.8 Å². The van der Waals surface area contributed by atoms with Crippen LogP contribution in [-0.2, 0) is 5.75 Å². The summed E-state index contributed by atoms with van der Waals surface area (Å²) >= 11 is 1.62. The molecule has 0 bridgehead atoms. The minimum atomic E-state index is 0.555. The maximum atomic E-state index is 5.24. The van der Waals surface area contributed by atoms with Crippen LogP contribution in [-0.4, -0.2) is 19.7 Å². The van der Waals surface area contributed by atoms with Gasteiger partial charge in [0.1, 0.15) is 6.26 Å². The van der Waals surface area contributed by atoms with Gasteiger partial charge in [-0.3, -0.25) is 0 Å². The van der Waals surface area contributed by atoms with Crippen molar-refractivity contribution in [2.75, 3.05) is 0 Å². The molecular weight excluding hydrogens is 276 g/mol. The minimum Gasteiger partial charge on any atom is -0.472 e. The Labute approximate surface area is 119 Å². The van der Waals surface area contributed by atoms with Gasteiger partial charge in [0.15, 0.2) is 5.16 Å². The Kier molecular flexibility index (Phi) is 2.84. The molecule has 3 heterocycles. The second-order valence-electron chi connectivity index (χ2n) is 4.66. The molecule has 0 spiro atoms. The van der Waals surface area contributed by atoms with E-state index in [-0.39, 0.29) is 0 Å². The van der Waals surface area contributed by atoms with Gasteiger partial charge in [-0.2, -0.15) is 4.98 Å². The van der Waals surface area contributed by atoms with Crippen molar-refractivity contribution >= 4 is 11.8 Å². The molecule has 0 aliphatic heterocycles. The van der Waals surface area contributed by atoms with Crippen molar-refractivity contribution in [3.8, 4) is 11.4 Å². The molecule has 0 atom stereocenters. The van der Waals surface area contributed by atoms with Crippen molar-refractivity contribution in [1.82, 2.24) is 19.7 Å². The van der Waals surface area contributed by atoms with Gasteiger partial charge >= 0.3 is 0 Å². The summed E-state index contributed by atoms with van der Waals surface area (Å²) in [5.41, 5.74) is 0.824. The summed E-state index contributed by atoms with van der Waals surface area (Å²) in [4.78, 5) is 8.72. The Morgan fingerprint density at radius 3 is 3.15 bits per heavy atom. The van der Waals surface area contributed by atoms with Crippen LogP contribution < -0.4 is 0 Å². The molecule has 1 saturated carbocycles. The topological polar surface area (TPSA) is 69.9 Å². The summed E-state index contributed by atoms with van der Waals surface area (Å²) in [5, 5.41) is 4.95. The second kappa shape index (κ2) is 4.82. The summed E-state index contributed by atoms with van der Waals surface area (Å²) in [6.45, 7) is 0. The Morgan fingerprint density at radius 1 is 1.40 bits per heavy atom. The van der Waals surface area contributed by atoms with Gasteiger partial charge in [0.05, 0.1) is 17.6 Å². The van der Waals surface area contributed by atoms with Crippen LogP contribution >= 0.6 is 11.8 Å². The Balaban J connectivity index is 1.45. The van der Waals surface area contributed by atoms with Crippen LogP contribution in [0.4, 0.5) is 0 Å². The van der Waals surface area contributed by atoms with Crippen LogP contribution in [0.25, 0.3) is 11.4 Å². The molecule has 4 rings (SSSR count). The SMILES string of the molecule is c1cn(C2CC2)c(SCc2nc(-c3ccoc3)no2)n1. The number of rotatable bonds is 5. The van der Waals surface area contributed by atoms with E-state index in [1.807, 2.05) is 18.5 Å². The zero-order chi connectivity index (χ0) is 13.4. The first-order valence-electron chi connectivity index (χ1n) is 6.41. The lowest BCUT2D eigenvalue weighted by molar-refractivity contribution is 0.391. The molecule has 0 radical (unpaired) electrons. The molecule has 20 heavy (non-hydrogen) atoms. The predicted octanol–water partition coefficient (Wildman–Crippen LogP) is 3.15. The molecular formula is C13H12N4O2S. The maximum Gasteiger partial charge on any atom is 0.237 e. The van der Waals surface area contributed by atoms with Gasteiger partial charge in [-0.15, -0.1) is 0 Å². The molecule has 0 unspecified atom stereocenters. The van der Waals surface area contributed by atoms with Gasteiger partial charge in [-0.25, -0.2) is 4.98 Å². The summed E-state index contributed by atoms with van der Waals surface area (Å²) in [6.07, 6.45) is 9.55. The highest BCUT2D eigenvalue weighted by molar-refractivity contribution is 7.98. The molecule has 1 fully saturated rings. The number of nitrogens with zero attached hydrogens (tertiary/aromatic N) is 4. The van der Waals surface area contributed by atoms with Gasteiger partial charge in [0, 0.05) is 18.4 Å². The minimum absolute atomic E-state index is 0.555. The highest BCUT2D eigenvalue weighted by Gasteiger charge is 2.25. The van der Waals surface area contributed by atoms with E-state index in [1.54, 1.807) is 24.3 Å². The zero-order valence-electron chi connectivity index (χ0n) is 10.6. The average molecular weight is 288 g/mol. The fourth-order valence-corrected chi connectivity index (χ4v) is 2.85. The number of hydrogen-bond acceptors (Lipinski definition) is 6. The molecule has 0 amide bonds. The lowest BCUT2D eigenvalue weighted by Gasteiger charge is -2.03. The third-order valence-corrected chi connectivity index (χ3v) is 4.11. The Morgan fingerprint density at radius 2 is 2.35 bits per heavy atom. The first-order valence-corrected chi connectivity index (χ1v) is 7.39. The van der Waals surface area contributed by atoms with Crippen LogP contribution in [0.3, 0.4) is 0 Å². The molecule has 3 aromatic heterocycles. The van der Waals surface area contributed by atoms with Crippen molar-refractivity contribution in [3.05, 3.63) is 36.9 Å². The van der Waals surface area contributed by atoms with E-state index in [4.69, 9.17) is 8.94 Å². The Bertz CT molecular complexity index is 700. The number of imidazole rings is 1. The maximum absolute atomic E-state index is 5.24. The molecule has 3 aromatic rings. The Hall–Kier alpha value is -2.02. The molecule has 1 aliphatic rings. The third kappa shape index (κ3) is 2.24. The fourth-order valence-electron chi connectivity index (χ4n) is 1.99. The zero-order valence-corrected chi connectivity index (χ0v) is 11.4. The average Bonchev–Trinajstić information content (AvgIpc) is 2.93. The summed E-state index contributed by atoms with van der Waals surface area (Å²) < 4.78 is 12.5. The van der Waals surface area contributed by atoms with Crippen molar-refractivity contribution in [3.63, 3.8) is 0 Å². The van der Waals surface area contributed by atoms with E-state index < -0.39 is 0 Å². The summed E-state index contributed by atoms with van der Waals surface area (Å²) in [5.74, 6) is 1.77. The monoisotopic (exact) mass is 288 g/mol. The molecule has 0 aromatic carbocycles. The highest BCUT2D eigenvalue weighted by Crippen LogP contribution is 2.38. The summed E-state index contributed by atoms with van der Waals surface area (Å²) in [7, 11) is 0. The first-order chi connectivity index (χ1) is 9.90. The van der Waals surface area contributed by atoms with E-state index in [0.717, 1.165) is 10.7 Å². The van der Waals surface area contributed by atoms with Crippen molar-refractivity contribution < 1.29 is 8.94 Å². The number of hydrogen-bond donors (Lipinski definition) is 0. The van der Waals surface area contributed by atoms with E-state index in [9.17, 15) is 0 Å². The lowest BCUT2D eigenvalue weighted by Crippen LogP contribution is -1.94. The van der Waals surface area contributed by atoms with E-state index >= 15 is 0 Å². The van der Waals surface area contributed by atoms with Crippen LogP contribution in [0.1, 0.15) is 24.8 Å². The first kappa shape index (κ1) is 11.8. The van der Waals surface area contributed by atoms with E-state index in [2.05, 4.69) is 19.7 Å². The number of aromatic nitrogens is 4. The van der Waals surface area contributed by atoms with Crippen molar-refractivity contribution in [2.24, 2.45) is 0 Å². The largest absolute Gasteiger partial charge is 0.472 e. The molecule has 6 nitrogen and oxygen atoms in total. The highest BCUT2D eigenvalue weighted by atomic mass is 32.2. The predicted molar refractivity (Wildman–Crippen MR) is 72.1 cm³/mol. The number of furan rings is 1. The molecule has 0 N–H and O–H groups in total. The standard InChI is InChI=1S/C13H12N4O2S/c1-2-10(1)17-5-4-14-13(17)20-8-11-15-12(16-19-11)9-3-6-18-7-9/h3-7,10H,1-2,8H2. The smallest absolute Gasteiger partial charge is 0.237 e. The molecule has 102 valence electrons. The molecule has 0 saturated heterocycles. The summed E-state index contributed by atoms with van der Waals surface area (Å²) in [6, 6.07) is 2.44. The fraction of sp³-hybridized carbons (Fsp3) is 0.308. The van der Waals surface area contributed by atoms with Crippen LogP contribution in [0.5, 0.6) is 0 Å². The van der Waals surface area contributed by atoms with E-state index in [0.29, 0.717) is 23.5 Å². The van der Waals surface area contributed by atoms with Crippen LogP contribution in [0.15, 0.2) is 45.1 Å². The second-order valence-corrected chi connectivity index (χ2v) is 5.60. The molecule has 7 heteroatoms. The van der Waals surface area contributed by atoms with Gasteiger partial charge in [0.25, 0.3) is 0 Å². The molecule has 1 aliphatic carbocycles. The van der Waals surface area contributed by atoms with Crippen LogP contribution in [0, 0.1) is 0 Å². The van der Waals surface area contributed by atoms with Gasteiger partial charge < -0.3 is 13.5 Å². The van der Waals surface area contributed by atoms with Gasteiger partial charge in [-0.05, 0) is 18.9 Å². The van der Waals surface area contributed by atoms with Crippen LogP contribution in [0.2, 0.25) is 0 Å². The normalized spacial score (nSPS) is 14.8. The third-order valence-electron chi connectivity index (χ3n) is 3.15. The van der Waals surface area contributed by atoms with Crippen molar-refractivity contribution in [2.45, 2.75) is 29.8 Å². The van der Waals surface area contributed by atoms with Crippen molar-refractivity contribution in [1.29, 1.82) is 0 Å². The van der Waals surface area contributed by atoms with Gasteiger partial charge in [0.2, 0.25) is 11.7 Å². The number of thioether (sulfide) groups is 1. The van der Waals surface area contributed by atoms with Gasteiger partial charge in [-0.1, -0.05) is 16.9 Å². The lowest BCUT2D eigenvalue weighted by atomic mass is 10.3.